The molecule has 2 nitrogen and oxygen atoms in total. The number of benzene rings is 3. The minimum atomic E-state index is 0.0441. The molecular formula is C24H21NO. The lowest BCUT2D eigenvalue weighted by Gasteiger charge is -2.15. The summed E-state index contributed by atoms with van der Waals surface area (Å²) < 4.78 is 1.85. The molecule has 0 atom stereocenters. The molecule has 0 amide bonds. The van der Waals surface area contributed by atoms with Crippen LogP contribution in [0.4, 0.5) is 0 Å². The normalized spacial score (nSPS) is 11.0. The highest BCUT2D eigenvalue weighted by atomic mass is 16.1. The molecule has 4 rings (SSSR count). The summed E-state index contributed by atoms with van der Waals surface area (Å²) in [5.74, 6) is 0. The molecule has 0 saturated carbocycles. The van der Waals surface area contributed by atoms with E-state index >= 15 is 0 Å². The molecule has 3 aromatic carbocycles. The van der Waals surface area contributed by atoms with Crippen molar-refractivity contribution in [3.8, 4) is 16.8 Å². The predicted molar refractivity (Wildman–Crippen MR) is 109 cm³/mol. The summed E-state index contributed by atoms with van der Waals surface area (Å²) in [5.41, 5.74) is 5.24. The zero-order chi connectivity index (χ0) is 18.1. The lowest BCUT2D eigenvalue weighted by atomic mass is 9.97. The summed E-state index contributed by atoms with van der Waals surface area (Å²) in [6.45, 7) is 4.16. The van der Waals surface area contributed by atoms with Gasteiger partial charge in [0.1, 0.15) is 0 Å². The smallest absolute Gasteiger partial charge is 0.263 e. The highest BCUT2D eigenvalue weighted by molar-refractivity contribution is 5.96. The molecule has 0 fully saturated rings. The first kappa shape index (κ1) is 16.3. The Labute approximate surface area is 153 Å². The van der Waals surface area contributed by atoms with Crippen molar-refractivity contribution in [2.24, 2.45) is 0 Å². The van der Waals surface area contributed by atoms with Crippen LogP contribution in [0.2, 0.25) is 0 Å². The van der Waals surface area contributed by atoms with Crippen LogP contribution in [0.3, 0.4) is 0 Å². The van der Waals surface area contributed by atoms with Crippen LogP contribution in [0.1, 0.15) is 18.2 Å². The van der Waals surface area contributed by atoms with Gasteiger partial charge < -0.3 is 0 Å². The Bertz CT molecular complexity index is 1140. The van der Waals surface area contributed by atoms with Gasteiger partial charge in [-0.25, -0.2) is 0 Å². The standard InChI is InChI=1S/C24H21NO/c1-3-20-16-19-11-8-14-22(18-10-7-9-17(2)15-18)23(19)24(26)25(20)21-12-5-4-6-13-21/h4-16H,3H2,1-2H3. The molecule has 0 unspecified atom stereocenters. The minimum Gasteiger partial charge on any atom is -0.281 e. The molecule has 2 heteroatoms. The second kappa shape index (κ2) is 6.64. The molecule has 1 heterocycles. The number of hydrogen-bond acceptors (Lipinski definition) is 1. The van der Waals surface area contributed by atoms with Gasteiger partial charge >= 0.3 is 0 Å². The molecule has 128 valence electrons. The summed E-state index contributed by atoms with van der Waals surface area (Å²) in [6, 6.07) is 26.5. The molecule has 0 aliphatic carbocycles. The number of para-hydroxylation sites is 1. The van der Waals surface area contributed by atoms with Gasteiger partial charge in [0.2, 0.25) is 0 Å². The Morgan fingerprint density at radius 3 is 2.35 bits per heavy atom. The Morgan fingerprint density at radius 1 is 0.846 bits per heavy atom. The number of pyridine rings is 1. The van der Waals surface area contributed by atoms with Crippen molar-refractivity contribution in [3.05, 3.63) is 100 Å². The van der Waals surface area contributed by atoms with Crippen molar-refractivity contribution >= 4 is 10.8 Å². The second-order valence-corrected chi connectivity index (χ2v) is 6.60. The van der Waals surface area contributed by atoms with Crippen molar-refractivity contribution in [1.82, 2.24) is 4.57 Å². The molecule has 0 aliphatic rings. The first-order valence-electron chi connectivity index (χ1n) is 8.99. The zero-order valence-corrected chi connectivity index (χ0v) is 15.1. The average Bonchev–Trinajstić information content (AvgIpc) is 2.68. The van der Waals surface area contributed by atoms with E-state index in [1.54, 1.807) is 0 Å². The van der Waals surface area contributed by atoms with Crippen LogP contribution in [0.5, 0.6) is 0 Å². The van der Waals surface area contributed by atoms with Crippen LogP contribution < -0.4 is 5.56 Å². The van der Waals surface area contributed by atoms with E-state index in [0.717, 1.165) is 39.7 Å². The maximum atomic E-state index is 13.6. The summed E-state index contributed by atoms with van der Waals surface area (Å²) in [4.78, 5) is 13.6. The Kier molecular flexibility index (Phi) is 4.18. The van der Waals surface area contributed by atoms with E-state index in [-0.39, 0.29) is 5.56 Å². The van der Waals surface area contributed by atoms with Gasteiger partial charge in [0.15, 0.2) is 0 Å². The van der Waals surface area contributed by atoms with Crippen LogP contribution in [-0.2, 0) is 6.42 Å². The number of aromatic nitrogens is 1. The number of rotatable bonds is 3. The van der Waals surface area contributed by atoms with Gasteiger partial charge in [0, 0.05) is 11.4 Å². The van der Waals surface area contributed by atoms with E-state index in [1.807, 2.05) is 59.2 Å². The van der Waals surface area contributed by atoms with Crippen molar-refractivity contribution in [2.75, 3.05) is 0 Å². The monoisotopic (exact) mass is 339 g/mol. The highest BCUT2D eigenvalue weighted by Crippen LogP contribution is 2.28. The van der Waals surface area contributed by atoms with Crippen molar-refractivity contribution in [3.63, 3.8) is 0 Å². The van der Waals surface area contributed by atoms with Crippen molar-refractivity contribution in [1.29, 1.82) is 0 Å². The van der Waals surface area contributed by atoms with Gasteiger partial charge in [0.25, 0.3) is 5.56 Å². The number of nitrogens with zero attached hydrogens (tertiary/aromatic N) is 1. The van der Waals surface area contributed by atoms with Crippen LogP contribution in [0.25, 0.3) is 27.6 Å². The molecular weight excluding hydrogens is 318 g/mol. The molecule has 26 heavy (non-hydrogen) atoms. The van der Waals surface area contributed by atoms with E-state index < -0.39 is 0 Å². The largest absolute Gasteiger partial charge is 0.281 e. The molecule has 1 aromatic heterocycles. The van der Waals surface area contributed by atoms with Gasteiger partial charge in [-0.15, -0.1) is 0 Å². The fraction of sp³-hybridized carbons (Fsp3) is 0.125. The quantitative estimate of drug-likeness (QED) is 0.481. The van der Waals surface area contributed by atoms with Crippen LogP contribution >= 0.6 is 0 Å². The van der Waals surface area contributed by atoms with E-state index in [0.29, 0.717) is 0 Å². The Morgan fingerprint density at radius 2 is 1.62 bits per heavy atom. The van der Waals surface area contributed by atoms with Crippen molar-refractivity contribution in [2.45, 2.75) is 20.3 Å². The summed E-state index contributed by atoms with van der Waals surface area (Å²) >= 11 is 0. The number of hydrogen-bond donors (Lipinski definition) is 0. The van der Waals surface area contributed by atoms with E-state index in [4.69, 9.17) is 0 Å². The summed E-state index contributed by atoms with van der Waals surface area (Å²) in [6.07, 6.45) is 0.800. The first-order valence-corrected chi connectivity index (χ1v) is 8.99. The van der Waals surface area contributed by atoms with Crippen LogP contribution in [-0.4, -0.2) is 4.57 Å². The van der Waals surface area contributed by atoms with Gasteiger partial charge in [-0.1, -0.05) is 73.2 Å². The fourth-order valence-electron chi connectivity index (χ4n) is 3.59. The van der Waals surface area contributed by atoms with E-state index in [2.05, 4.69) is 38.1 Å². The molecule has 0 aliphatic heterocycles. The maximum Gasteiger partial charge on any atom is 0.263 e. The molecule has 4 aromatic rings. The van der Waals surface area contributed by atoms with Gasteiger partial charge in [-0.05, 0) is 48.1 Å². The molecule has 0 saturated heterocycles. The Hall–Kier alpha value is -3.13. The first-order chi connectivity index (χ1) is 12.7. The second-order valence-electron chi connectivity index (χ2n) is 6.60. The maximum absolute atomic E-state index is 13.6. The highest BCUT2D eigenvalue weighted by Gasteiger charge is 2.14. The zero-order valence-electron chi connectivity index (χ0n) is 15.1. The summed E-state index contributed by atoms with van der Waals surface area (Å²) in [5, 5.41) is 1.78. The fourth-order valence-corrected chi connectivity index (χ4v) is 3.59. The van der Waals surface area contributed by atoms with Crippen LogP contribution in [0.15, 0.2) is 83.7 Å². The third kappa shape index (κ3) is 2.74. The molecule has 0 spiro atoms. The third-order valence-electron chi connectivity index (χ3n) is 4.83. The third-order valence-corrected chi connectivity index (χ3v) is 4.83. The molecule has 0 radical (unpaired) electrons. The SMILES string of the molecule is CCc1cc2cccc(-c3cccc(C)c3)c2c(=O)n1-c1ccccc1. The van der Waals surface area contributed by atoms with Crippen LogP contribution in [0, 0.1) is 6.92 Å². The molecule has 0 bridgehead atoms. The number of aryl methyl sites for hydroxylation is 2. The van der Waals surface area contributed by atoms with Gasteiger partial charge in [-0.3, -0.25) is 9.36 Å². The van der Waals surface area contributed by atoms with E-state index in [9.17, 15) is 4.79 Å². The van der Waals surface area contributed by atoms with Gasteiger partial charge in [-0.2, -0.15) is 0 Å². The minimum absolute atomic E-state index is 0.0441. The topological polar surface area (TPSA) is 22.0 Å². The molecule has 0 N–H and O–H groups in total. The van der Waals surface area contributed by atoms with E-state index in [1.165, 1.54) is 5.56 Å². The van der Waals surface area contributed by atoms with Gasteiger partial charge in [0.05, 0.1) is 5.39 Å². The lowest BCUT2D eigenvalue weighted by Crippen LogP contribution is -2.22. The predicted octanol–water partition coefficient (Wildman–Crippen LogP) is 5.53. The van der Waals surface area contributed by atoms with Crippen molar-refractivity contribution < 1.29 is 0 Å². The Balaban J connectivity index is 2.10. The lowest BCUT2D eigenvalue weighted by molar-refractivity contribution is 0.889. The summed E-state index contributed by atoms with van der Waals surface area (Å²) in [7, 11) is 0. The average molecular weight is 339 g/mol. The number of fused-ring (bicyclic) bond motifs is 1.